The molecule has 2 aromatic carbocycles. The lowest BCUT2D eigenvalue weighted by Gasteiger charge is -2.34. The summed E-state index contributed by atoms with van der Waals surface area (Å²) in [5.74, 6) is 0.355. The van der Waals surface area contributed by atoms with Crippen LogP contribution in [0, 0.1) is 13.8 Å². The fraction of sp³-hybridized carbons (Fsp3) is 0.464. The van der Waals surface area contributed by atoms with Gasteiger partial charge in [-0.05, 0) is 51.8 Å². The highest BCUT2D eigenvalue weighted by Gasteiger charge is 2.38. The molecule has 35 heavy (non-hydrogen) atoms. The van der Waals surface area contributed by atoms with Crippen LogP contribution in [0.1, 0.15) is 60.9 Å². The van der Waals surface area contributed by atoms with E-state index in [4.69, 9.17) is 14.6 Å². The van der Waals surface area contributed by atoms with Crippen LogP contribution in [0.5, 0.6) is 5.75 Å². The normalized spacial score (nSPS) is 20.5. The zero-order valence-corrected chi connectivity index (χ0v) is 21.1. The van der Waals surface area contributed by atoms with E-state index in [1.54, 1.807) is 12.1 Å². The van der Waals surface area contributed by atoms with Gasteiger partial charge in [-0.25, -0.2) is 5.01 Å². The van der Waals surface area contributed by atoms with Gasteiger partial charge in [-0.15, -0.1) is 0 Å². The number of para-hydroxylation sites is 1. The summed E-state index contributed by atoms with van der Waals surface area (Å²) in [4.78, 5) is 28.2. The van der Waals surface area contributed by atoms with E-state index < -0.39 is 0 Å². The number of likely N-dealkylation sites (tertiary alicyclic amines) is 1. The van der Waals surface area contributed by atoms with Gasteiger partial charge in [0.2, 0.25) is 0 Å². The average Bonchev–Trinajstić information content (AvgIpc) is 3.29. The Morgan fingerprint density at radius 2 is 1.91 bits per heavy atom. The van der Waals surface area contributed by atoms with Gasteiger partial charge >= 0.3 is 5.97 Å². The number of rotatable bonds is 7. The minimum absolute atomic E-state index is 0.124. The van der Waals surface area contributed by atoms with Gasteiger partial charge in [-0.3, -0.25) is 14.5 Å². The molecule has 2 aromatic rings. The van der Waals surface area contributed by atoms with Crippen molar-refractivity contribution in [2.75, 3.05) is 26.8 Å². The van der Waals surface area contributed by atoms with Crippen molar-refractivity contribution in [1.29, 1.82) is 0 Å². The molecule has 0 radical (unpaired) electrons. The zero-order valence-electron chi connectivity index (χ0n) is 21.1. The first-order valence-corrected chi connectivity index (χ1v) is 12.4. The first kappa shape index (κ1) is 24.9. The Kier molecular flexibility index (Phi) is 7.86. The van der Waals surface area contributed by atoms with Crippen molar-refractivity contribution in [3.05, 3.63) is 64.7 Å². The second-order valence-corrected chi connectivity index (χ2v) is 9.30. The summed E-state index contributed by atoms with van der Waals surface area (Å²) >= 11 is 0. The first-order valence-electron chi connectivity index (χ1n) is 12.4. The summed E-state index contributed by atoms with van der Waals surface area (Å²) < 4.78 is 10.9. The summed E-state index contributed by atoms with van der Waals surface area (Å²) in [6.45, 7) is 7.10. The Labute approximate surface area is 207 Å². The maximum atomic E-state index is 13.7. The van der Waals surface area contributed by atoms with Crippen molar-refractivity contribution < 1.29 is 19.1 Å². The molecular weight excluding hydrogens is 442 g/mol. The predicted octanol–water partition coefficient (Wildman–Crippen LogP) is 4.41. The van der Waals surface area contributed by atoms with E-state index in [9.17, 15) is 9.59 Å². The maximum absolute atomic E-state index is 13.7. The van der Waals surface area contributed by atoms with Crippen molar-refractivity contribution in [3.63, 3.8) is 0 Å². The molecule has 0 aliphatic carbocycles. The highest BCUT2D eigenvalue weighted by molar-refractivity contribution is 6.04. The molecule has 1 amide bonds. The number of hydrogen-bond donors (Lipinski definition) is 0. The van der Waals surface area contributed by atoms with E-state index in [1.807, 2.05) is 36.1 Å². The van der Waals surface area contributed by atoms with Gasteiger partial charge in [0, 0.05) is 17.5 Å². The monoisotopic (exact) mass is 477 g/mol. The largest absolute Gasteiger partial charge is 0.496 e. The first-order chi connectivity index (χ1) is 16.9. The maximum Gasteiger partial charge on any atom is 0.323 e. The third-order valence-corrected chi connectivity index (χ3v) is 6.87. The lowest BCUT2D eigenvalue weighted by molar-refractivity contribution is -0.152. The molecule has 2 heterocycles. The van der Waals surface area contributed by atoms with Crippen molar-refractivity contribution in [2.24, 2.45) is 5.10 Å². The summed E-state index contributed by atoms with van der Waals surface area (Å²) in [5, 5.41) is 6.46. The SMILES string of the molecule is CCOC(=O)[C@@H]1CCCCN1CC(=O)N1N=C(c2ccc(C)cc2C)C[C@@H]1c1ccccc1OC. The van der Waals surface area contributed by atoms with Gasteiger partial charge in [-0.1, -0.05) is 48.4 Å². The number of aryl methyl sites for hydroxylation is 2. The summed E-state index contributed by atoms with van der Waals surface area (Å²) in [6.07, 6.45) is 3.21. The van der Waals surface area contributed by atoms with E-state index in [0.717, 1.165) is 41.0 Å². The van der Waals surface area contributed by atoms with Gasteiger partial charge in [0.05, 0.1) is 32.0 Å². The van der Waals surface area contributed by atoms with Crippen molar-refractivity contribution in [1.82, 2.24) is 9.91 Å². The van der Waals surface area contributed by atoms with Crippen LogP contribution in [0.4, 0.5) is 0 Å². The standard InChI is InChI=1S/C28H35N3O4/c1-5-35-28(33)24-11-8-9-15-30(24)18-27(32)31-25(22-10-6-7-12-26(22)34-4)17-23(29-31)21-14-13-19(2)16-20(21)3/h6-7,10,12-14,16,24-25H,5,8-9,11,15,17-18H2,1-4H3/t24-,25+/m0/s1. The van der Waals surface area contributed by atoms with Crippen molar-refractivity contribution in [2.45, 2.75) is 58.5 Å². The van der Waals surface area contributed by atoms with Gasteiger partial charge < -0.3 is 9.47 Å². The fourth-order valence-corrected chi connectivity index (χ4v) is 5.16. The van der Waals surface area contributed by atoms with Gasteiger partial charge in [0.15, 0.2) is 0 Å². The zero-order chi connectivity index (χ0) is 24.9. The highest BCUT2D eigenvalue weighted by atomic mass is 16.5. The molecule has 0 spiro atoms. The number of esters is 1. The molecule has 186 valence electrons. The van der Waals surface area contributed by atoms with Crippen LogP contribution in [0.15, 0.2) is 47.6 Å². The number of amides is 1. The predicted molar refractivity (Wildman–Crippen MR) is 135 cm³/mol. The Morgan fingerprint density at radius 1 is 1.11 bits per heavy atom. The van der Waals surface area contributed by atoms with Gasteiger partial charge in [-0.2, -0.15) is 5.10 Å². The minimum atomic E-state index is -0.386. The van der Waals surface area contributed by atoms with E-state index >= 15 is 0 Å². The molecule has 2 aliphatic heterocycles. The van der Waals surface area contributed by atoms with E-state index in [0.29, 0.717) is 26.0 Å². The summed E-state index contributed by atoms with van der Waals surface area (Å²) in [7, 11) is 1.64. The average molecular weight is 478 g/mol. The van der Waals surface area contributed by atoms with Crippen LogP contribution < -0.4 is 4.74 Å². The second-order valence-electron chi connectivity index (χ2n) is 9.30. The molecule has 0 N–H and O–H groups in total. The van der Waals surface area contributed by atoms with Crippen LogP contribution in [-0.4, -0.2) is 60.3 Å². The van der Waals surface area contributed by atoms with Gasteiger partial charge in [0.1, 0.15) is 11.8 Å². The third-order valence-electron chi connectivity index (χ3n) is 6.87. The Morgan fingerprint density at radius 3 is 2.66 bits per heavy atom. The fourth-order valence-electron chi connectivity index (χ4n) is 5.16. The number of benzene rings is 2. The van der Waals surface area contributed by atoms with Crippen molar-refractivity contribution >= 4 is 17.6 Å². The van der Waals surface area contributed by atoms with Crippen molar-refractivity contribution in [3.8, 4) is 5.75 Å². The van der Waals surface area contributed by atoms with Crippen LogP contribution in [0.25, 0.3) is 0 Å². The Bertz CT molecular complexity index is 1110. The second kappa shape index (κ2) is 11.0. The number of hydrazone groups is 1. The molecule has 0 saturated carbocycles. The lowest BCUT2D eigenvalue weighted by Crippen LogP contribution is -2.49. The van der Waals surface area contributed by atoms with E-state index in [-0.39, 0.29) is 30.5 Å². The quantitative estimate of drug-likeness (QED) is 0.553. The summed E-state index contributed by atoms with van der Waals surface area (Å²) in [6, 6.07) is 13.4. The Hall–Kier alpha value is -3.19. The molecule has 0 bridgehead atoms. The number of hydrogen-bond acceptors (Lipinski definition) is 6. The molecule has 0 aromatic heterocycles. The third kappa shape index (κ3) is 5.40. The summed E-state index contributed by atoms with van der Waals surface area (Å²) in [5.41, 5.74) is 5.18. The molecule has 4 rings (SSSR count). The molecule has 2 aliphatic rings. The molecule has 0 unspecified atom stereocenters. The topological polar surface area (TPSA) is 71.4 Å². The lowest BCUT2D eigenvalue weighted by atomic mass is 9.94. The van der Waals surface area contributed by atoms with Crippen LogP contribution >= 0.6 is 0 Å². The number of ether oxygens (including phenoxy) is 2. The van der Waals surface area contributed by atoms with Crippen LogP contribution in [0.2, 0.25) is 0 Å². The molecule has 7 nitrogen and oxygen atoms in total. The number of nitrogens with zero attached hydrogens (tertiary/aromatic N) is 3. The minimum Gasteiger partial charge on any atom is -0.496 e. The molecule has 1 fully saturated rings. The number of carbonyl (C=O) groups excluding carboxylic acids is 2. The molecular formula is C28H35N3O4. The smallest absolute Gasteiger partial charge is 0.323 e. The highest BCUT2D eigenvalue weighted by Crippen LogP contribution is 2.38. The number of piperidine rings is 1. The molecule has 1 saturated heterocycles. The van der Waals surface area contributed by atoms with E-state index in [2.05, 4.69) is 32.0 Å². The Balaban J connectivity index is 1.65. The van der Waals surface area contributed by atoms with Gasteiger partial charge in [0.25, 0.3) is 5.91 Å². The number of methoxy groups -OCH3 is 1. The molecule has 2 atom stereocenters. The molecule has 7 heteroatoms. The van der Waals surface area contributed by atoms with Crippen LogP contribution in [0.3, 0.4) is 0 Å². The number of carbonyl (C=O) groups is 2. The van der Waals surface area contributed by atoms with Crippen LogP contribution in [-0.2, 0) is 14.3 Å². The van der Waals surface area contributed by atoms with E-state index in [1.165, 1.54) is 5.56 Å².